The van der Waals surface area contributed by atoms with E-state index in [2.05, 4.69) is 21.2 Å². The molecule has 0 spiro atoms. The predicted octanol–water partition coefficient (Wildman–Crippen LogP) is 1.06. The Balaban J connectivity index is 1.91. The molecule has 1 heterocycles. The Morgan fingerprint density at radius 2 is 1.95 bits per heavy atom. The maximum absolute atomic E-state index is 12.1. The summed E-state index contributed by atoms with van der Waals surface area (Å²) in [5.74, 6) is -0.741. The van der Waals surface area contributed by atoms with Gasteiger partial charge in [0.1, 0.15) is 5.15 Å². The Morgan fingerprint density at radius 3 is 2.59 bits per heavy atom. The summed E-state index contributed by atoms with van der Waals surface area (Å²) in [6.45, 7) is 0. The largest absolute Gasteiger partial charge is 0.387 e. The van der Waals surface area contributed by atoms with Crippen LogP contribution in [-0.4, -0.2) is 29.9 Å². The Kier molecular flexibility index (Phi) is 5.57. The van der Waals surface area contributed by atoms with Crippen LogP contribution in [0.2, 0.25) is 5.15 Å². The molecule has 0 bridgehead atoms. The van der Waals surface area contributed by atoms with Crippen molar-refractivity contribution < 1.29 is 9.59 Å². The number of nitrogens with zero attached hydrogens (tertiary/aromatic N) is 1. The van der Waals surface area contributed by atoms with E-state index in [4.69, 9.17) is 17.3 Å². The summed E-state index contributed by atoms with van der Waals surface area (Å²) in [7, 11) is 1.67. The number of carbonyl (C=O) groups is 2. The van der Waals surface area contributed by atoms with Gasteiger partial charge in [-0.1, -0.05) is 11.6 Å². The van der Waals surface area contributed by atoms with Crippen molar-refractivity contribution in [1.29, 1.82) is 0 Å². The summed E-state index contributed by atoms with van der Waals surface area (Å²) in [4.78, 5) is 28.0. The van der Waals surface area contributed by atoms with Gasteiger partial charge in [0.15, 0.2) is 0 Å². The minimum atomic E-state index is -0.450. The number of rotatable bonds is 3. The number of hydrazine groups is 1. The molecule has 1 aromatic rings. The molecule has 1 fully saturated rings. The maximum Gasteiger partial charge on any atom is 0.273 e. The lowest BCUT2D eigenvalue weighted by Crippen LogP contribution is -2.46. The van der Waals surface area contributed by atoms with Crippen molar-refractivity contribution in [3.05, 3.63) is 23.0 Å². The molecule has 2 amide bonds. The molecule has 0 unspecified atom stereocenters. The molecule has 1 aliphatic carbocycles. The highest BCUT2D eigenvalue weighted by atomic mass is 35.5. The number of pyridine rings is 1. The summed E-state index contributed by atoms with van der Waals surface area (Å²) >= 11 is 5.78. The molecular weight excluding hydrogens is 306 g/mol. The molecule has 5 N–H and O–H groups in total. The molecule has 0 saturated heterocycles. The third kappa shape index (κ3) is 4.08. The van der Waals surface area contributed by atoms with Crippen molar-refractivity contribution >= 4 is 29.1 Å². The predicted molar refractivity (Wildman–Crippen MR) is 84.3 cm³/mol. The number of hydrogen-bond donors (Lipinski definition) is 4. The number of halogens is 1. The van der Waals surface area contributed by atoms with Crippen LogP contribution in [0, 0.1) is 5.92 Å². The fourth-order valence-corrected chi connectivity index (χ4v) is 2.64. The number of nitrogens with one attached hydrogen (secondary N) is 3. The van der Waals surface area contributed by atoms with Crippen molar-refractivity contribution in [1.82, 2.24) is 15.8 Å². The van der Waals surface area contributed by atoms with Crippen LogP contribution in [0.5, 0.6) is 0 Å². The molecule has 0 aromatic carbocycles. The summed E-state index contributed by atoms with van der Waals surface area (Å²) in [5, 5.41) is 3.14. The lowest BCUT2D eigenvalue weighted by atomic mass is 9.86. The highest BCUT2D eigenvalue weighted by molar-refractivity contribution is 6.29. The third-order valence-electron chi connectivity index (χ3n) is 3.83. The van der Waals surface area contributed by atoms with Gasteiger partial charge in [-0.3, -0.25) is 20.4 Å². The zero-order valence-corrected chi connectivity index (χ0v) is 13.1. The summed E-state index contributed by atoms with van der Waals surface area (Å²) < 4.78 is 0. The lowest BCUT2D eigenvalue weighted by molar-refractivity contribution is -0.126. The molecule has 1 aliphatic rings. The van der Waals surface area contributed by atoms with Gasteiger partial charge in [-0.05, 0) is 31.7 Å². The topological polar surface area (TPSA) is 109 Å². The van der Waals surface area contributed by atoms with Gasteiger partial charge in [-0.15, -0.1) is 0 Å². The molecule has 0 atom stereocenters. The summed E-state index contributed by atoms with van der Waals surface area (Å²) in [6.07, 6.45) is 4.50. The molecule has 7 nitrogen and oxygen atoms in total. The minimum Gasteiger partial charge on any atom is -0.387 e. The number of aromatic nitrogens is 1. The average molecular weight is 326 g/mol. The van der Waals surface area contributed by atoms with E-state index in [1.54, 1.807) is 13.1 Å². The Bertz CT molecular complexity index is 558. The fourth-order valence-electron chi connectivity index (χ4n) is 2.49. The molecule has 0 aliphatic heterocycles. The average Bonchev–Trinajstić information content (AvgIpc) is 2.52. The maximum atomic E-state index is 12.1. The second-order valence-electron chi connectivity index (χ2n) is 5.36. The van der Waals surface area contributed by atoms with Crippen LogP contribution in [0.4, 0.5) is 5.69 Å². The first-order chi connectivity index (χ1) is 10.5. The second kappa shape index (κ2) is 7.42. The van der Waals surface area contributed by atoms with Crippen LogP contribution in [0.3, 0.4) is 0 Å². The Hall–Kier alpha value is -1.86. The highest BCUT2D eigenvalue weighted by Crippen LogP contribution is 2.23. The van der Waals surface area contributed by atoms with Gasteiger partial charge in [-0.2, -0.15) is 0 Å². The van der Waals surface area contributed by atoms with E-state index in [-0.39, 0.29) is 23.0 Å². The minimum absolute atomic E-state index is 0.104. The summed E-state index contributed by atoms with van der Waals surface area (Å²) in [5.41, 5.74) is 11.5. The fraction of sp³-hybridized carbons (Fsp3) is 0.500. The van der Waals surface area contributed by atoms with E-state index in [0.29, 0.717) is 11.3 Å². The number of amides is 2. The first-order valence-corrected chi connectivity index (χ1v) is 7.58. The van der Waals surface area contributed by atoms with Crippen LogP contribution in [0.15, 0.2) is 12.3 Å². The van der Waals surface area contributed by atoms with E-state index in [9.17, 15) is 9.59 Å². The van der Waals surface area contributed by atoms with E-state index >= 15 is 0 Å². The van der Waals surface area contributed by atoms with Gasteiger partial charge in [0.05, 0.1) is 11.3 Å². The van der Waals surface area contributed by atoms with Gasteiger partial charge in [0, 0.05) is 25.2 Å². The molecule has 8 heteroatoms. The zero-order chi connectivity index (χ0) is 16.1. The molecular formula is C14H20ClN5O2. The standard InChI is InChI=1S/C14H20ClN5O2/c1-17-11-6-12(15)18-7-10(11)14(22)20-19-13(21)8-2-4-9(16)5-3-8/h6-9H,2-5,16H2,1H3,(H,17,18)(H,19,21)(H,20,22). The van der Waals surface area contributed by atoms with Crippen LogP contribution in [-0.2, 0) is 4.79 Å². The van der Waals surface area contributed by atoms with E-state index in [0.717, 1.165) is 25.7 Å². The van der Waals surface area contributed by atoms with Crippen molar-refractivity contribution in [2.24, 2.45) is 11.7 Å². The zero-order valence-electron chi connectivity index (χ0n) is 12.4. The monoisotopic (exact) mass is 325 g/mol. The third-order valence-corrected chi connectivity index (χ3v) is 4.03. The van der Waals surface area contributed by atoms with E-state index in [1.165, 1.54) is 6.20 Å². The van der Waals surface area contributed by atoms with E-state index in [1.807, 2.05) is 0 Å². The lowest BCUT2D eigenvalue weighted by Gasteiger charge is -2.25. The first-order valence-electron chi connectivity index (χ1n) is 7.20. The Morgan fingerprint density at radius 1 is 1.27 bits per heavy atom. The molecule has 120 valence electrons. The smallest absolute Gasteiger partial charge is 0.273 e. The number of carbonyl (C=O) groups excluding carboxylic acids is 2. The van der Waals surface area contributed by atoms with Crippen molar-refractivity contribution in [2.75, 3.05) is 12.4 Å². The second-order valence-corrected chi connectivity index (χ2v) is 5.74. The quantitative estimate of drug-likeness (QED) is 0.490. The van der Waals surface area contributed by atoms with Crippen molar-refractivity contribution in [3.63, 3.8) is 0 Å². The molecule has 1 aromatic heterocycles. The van der Waals surface area contributed by atoms with Crippen LogP contribution in [0.25, 0.3) is 0 Å². The van der Waals surface area contributed by atoms with Gasteiger partial charge >= 0.3 is 0 Å². The molecule has 1 saturated carbocycles. The SMILES string of the molecule is CNc1cc(Cl)ncc1C(=O)NNC(=O)C1CCC(N)CC1. The number of nitrogens with two attached hydrogens (primary N) is 1. The molecule has 2 rings (SSSR count). The van der Waals surface area contributed by atoms with Gasteiger partial charge in [0.2, 0.25) is 5.91 Å². The van der Waals surface area contributed by atoms with E-state index < -0.39 is 5.91 Å². The van der Waals surface area contributed by atoms with Gasteiger partial charge < -0.3 is 11.1 Å². The highest BCUT2D eigenvalue weighted by Gasteiger charge is 2.25. The van der Waals surface area contributed by atoms with Crippen LogP contribution in [0.1, 0.15) is 36.0 Å². The summed E-state index contributed by atoms with van der Waals surface area (Å²) in [6, 6.07) is 1.72. The number of anilines is 1. The normalized spacial score (nSPS) is 21.0. The van der Waals surface area contributed by atoms with Gasteiger partial charge in [-0.25, -0.2) is 4.98 Å². The Labute approximate surface area is 134 Å². The number of hydrogen-bond acceptors (Lipinski definition) is 5. The van der Waals surface area contributed by atoms with Crippen LogP contribution >= 0.6 is 11.6 Å². The molecule has 22 heavy (non-hydrogen) atoms. The first kappa shape index (κ1) is 16.5. The van der Waals surface area contributed by atoms with Crippen molar-refractivity contribution in [2.45, 2.75) is 31.7 Å². The van der Waals surface area contributed by atoms with Crippen LogP contribution < -0.4 is 21.9 Å². The van der Waals surface area contributed by atoms with Gasteiger partial charge in [0.25, 0.3) is 5.91 Å². The van der Waals surface area contributed by atoms with Crippen molar-refractivity contribution in [3.8, 4) is 0 Å². The molecule has 0 radical (unpaired) electrons.